The lowest BCUT2D eigenvalue weighted by Gasteiger charge is -2.21. The minimum Gasteiger partial charge on any atom is -0.388 e. The van der Waals surface area contributed by atoms with Crippen molar-refractivity contribution >= 4 is 31.3 Å². The number of fused-ring (bicyclic) bond motifs is 1. The second kappa shape index (κ2) is 7.43. The van der Waals surface area contributed by atoms with Crippen molar-refractivity contribution in [3.8, 4) is 0 Å². The Morgan fingerprint density at radius 3 is 2.93 bits per heavy atom. The van der Waals surface area contributed by atoms with Gasteiger partial charge in [-0.05, 0) is 0 Å². The van der Waals surface area contributed by atoms with Crippen LogP contribution in [0.25, 0.3) is 11.2 Å². The molecule has 0 unspecified atom stereocenters. The Morgan fingerprint density at radius 2 is 2.29 bits per heavy atom. The normalized spacial score (nSPS) is 25.1. The van der Waals surface area contributed by atoms with Gasteiger partial charge in [0.2, 0.25) is 12.4 Å². The number of aromatic nitrogens is 4. The molecule has 0 saturated carbocycles. The molecule has 152 valence electrons. The van der Waals surface area contributed by atoms with Gasteiger partial charge in [0.05, 0.1) is 25.0 Å². The van der Waals surface area contributed by atoms with Crippen LogP contribution in [0.3, 0.4) is 0 Å². The van der Waals surface area contributed by atoms with Gasteiger partial charge >= 0.3 is 7.82 Å². The van der Waals surface area contributed by atoms with E-state index < -0.39 is 44.3 Å². The first-order valence-electron chi connectivity index (χ1n) is 7.77. The fourth-order valence-electron chi connectivity index (χ4n) is 3.02. The summed E-state index contributed by atoms with van der Waals surface area (Å²) in [6, 6.07) is 0. The number of phosphoric ester groups is 1. The second-order valence-corrected chi connectivity index (χ2v) is 7.17. The van der Waals surface area contributed by atoms with Crippen LogP contribution < -0.4 is 16.6 Å². The fraction of sp³-hybridized carbons (Fsp3) is 0.385. The van der Waals surface area contributed by atoms with Gasteiger partial charge in [-0.3, -0.25) is 23.7 Å². The quantitative estimate of drug-likeness (QED) is 0.213. The molecule has 7 N–H and O–H groups in total. The van der Waals surface area contributed by atoms with E-state index in [0.717, 1.165) is 0 Å². The summed E-state index contributed by atoms with van der Waals surface area (Å²) in [7, 11) is -4.82. The molecule has 1 aliphatic heterocycles. The molecule has 4 atom stereocenters. The average molecular weight is 416 g/mol. The summed E-state index contributed by atoms with van der Waals surface area (Å²) < 4.78 is 22.4. The van der Waals surface area contributed by atoms with Crippen LogP contribution in [0.1, 0.15) is 6.23 Å². The van der Waals surface area contributed by atoms with E-state index in [2.05, 4.69) is 31.4 Å². The number of nitrogens with zero attached hydrogens (tertiary/aromatic N) is 3. The number of carbonyl (C=O) groups is 1. The zero-order valence-electron chi connectivity index (χ0n) is 14.1. The number of nitrogens with two attached hydrogens (primary N) is 1. The van der Waals surface area contributed by atoms with Gasteiger partial charge in [0.15, 0.2) is 17.4 Å². The number of phosphoric acid groups is 1. The molecule has 0 spiro atoms. The Labute approximate surface area is 156 Å². The van der Waals surface area contributed by atoms with Gasteiger partial charge in [0.25, 0.3) is 5.56 Å². The number of rotatable bonds is 7. The summed E-state index contributed by atoms with van der Waals surface area (Å²) in [6.45, 7) is 3.02. The number of anilines is 1. The number of imidazole rings is 1. The maximum absolute atomic E-state index is 11.9. The van der Waals surface area contributed by atoms with Crippen molar-refractivity contribution in [2.75, 3.05) is 12.3 Å². The highest BCUT2D eigenvalue weighted by molar-refractivity contribution is 7.46. The van der Waals surface area contributed by atoms with Gasteiger partial charge < -0.3 is 30.7 Å². The first kappa shape index (κ1) is 20.1. The number of hydrogen-bond acceptors (Lipinski definition) is 9. The van der Waals surface area contributed by atoms with E-state index in [1.807, 2.05) is 0 Å². The molecule has 3 rings (SSSR count). The minimum absolute atomic E-state index is 0.0227. The average Bonchev–Trinajstić information content (AvgIpc) is 3.13. The molecular formula is C13H17N6O8P. The smallest absolute Gasteiger partial charge is 0.388 e. The molecule has 0 radical (unpaired) electrons. The molecule has 1 fully saturated rings. The molecule has 2 aromatic heterocycles. The molecule has 0 aliphatic carbocycles. The van der Waals surface area contributed by atoms with Crippen LogP contribution in [0, 0.1) is 5.92 Å². The highest BCUT2D eigenvalue weighted by Gasteiger charge is 2.47. The monoisotopic (exact) mass is 416 g/mol. The van der Waals surface area contributed by atoms with Crippen LogP contribution in [0.4, 0.5) is 5.95 Å². The van der Waals surface area contributed by atoms with Gasteiger partial charge in [-0.2, -0.15) is 4.98 Å². The van der Waals surface area contributed by atoms with Crippen LogP contribution in [0.15, 0.2) is 23.4 Å². The molecule has 14 nitrogen and oxygen atoms in total. The third-order valence-electron chi connectivity index (χ3n) is 4.15. The van der Waals surface area contributed by atoms with Crippen molar-refractivity contribution in [2.24, 2.45) is 5.92 Å². The van der Waals surface area contributed by atoms with Crippen LogP contribution in [0.2, 0.25) is 0 Å². The molecule has 2 aromatic rings. The van der Waals surface area contributed by atoms with E-state index in [9.17, 15) is 19.3 Å². The van der Waals surface area contributed by atoms with Gasteiger partial charge in [-0.1, -0.05) is 6.58 Å². The lowest BCUT2D eigenvalue weighted by atomic mass is 9.95. The summed E-state index contributed by atoms with van der Waals surface area (Å²) in [4.78, 5) is 50.7. The second-order valence-electron chi connectivity index (χ2n) is 5.93. The number of H-pyrrole nitrogens is 1. The predicted octanol–water partition coefficient (Wildman–Crippen LogP) is -2.05. The molecule has 0 bridgehead atoms. The van der Waals surface area contributed by atoms with E-state index >= 15 is 0 Å². The fourth-order valence-corrected chi connectivity index (χ4v) is 3.36. The standard InChI is InChI=1S/C13H17N6O8P/c1-5(16-4-20)7-6(2-26-28(23,24)25)27-12(9(7)21)19-3-15-8-10(19)17-13(14)18-11(8)22/h3-4,6-7,9,12,21H,1-2H2,(H,16,20)(H2,23,24,25)(H3,14,17,18,22)/t6-,7-,9-,12-/m1/s1. The number of nitrogen functional groups attached to an aromatic ring is 1. The molecule has 15 heteroatoms. The number of hydrogen-bond donors (Lipinski definition) is 6. The Kier molecular flexibility index (Phi) is 5.34. The van der Waals surface area contributed by atoms with E-state index in [4.69, 9.17) is 20.3 Å². The SMILES string of the molecule is C=C(NC=O)[C@H]1[C@@H](O)[C@H](n2cnc3c(=O)[nH]c(N)nc32)O[C@@H]1COP(=O)(O)O. The molecule has 3 heterocycles. The molecule has 1 aliphatic rings. The number of amides is 1. The number of aliphatic hydroxyl groups excluding tert-OH is 1. The first-order chi connectivity index (χ1) is 13.1. The van der Waals surface area contributed by atoms with Crippen molar-refractivity contribution in [3.63, 3.8) is 0 Å². The van der Waals surface area contributed by atoms with Crippen LogP contribution in [-0.2, 0) is 18.6 Å². The zero-order valence-corrected chi connectivity index (χ0v) is 15.0. The van der Waals surface area contributed by atoms with E-state index in [-0.39, 0.29) is 22.8 Å². The summed E-state index contributed by atoms with van der Waals surface area (Å²) in [6.07, 6.45) is -2.11. The van der Waals surface area contributed by atoms with Gasteiger partial charge in [-0.15, -0.1) is 0 Å². The van der Waals surface area contributed by atoms with Crippen molar-refractivity contribution in [3.05, 3.63) is 29.0 Å². The van der Waals surface area contributed by atoms with E-state index in [1.165, 1.54) is 10.9 Å². The Morgan fingerprint density at radius 1 is 1.57 bits per heavy atom. The van der Waals surface area contributed by atoms with Crippen molar-refractivity contribution in [1.82, 2.24) is 24.8 Å². The van der Waals surface area contributed by atoms with E-state index in [1.54, 1.807) is 0 Å². The van der Waals surface area contributed by atoms with Crippen molar-refractivity contribution in [1.29, 1.82) is 0 Å². The summed E-state index contributed by atoms with van der Waals surface area (Å²) in [5.41, 5.74) is 4.95. The van der Waals surface area contributed by atoms with Crippen molar-refractivity contribution in [2.45, 2.75) is 18.4 Å². The lowest BCUT2D eigenvalue weighted by Crippen LogP contribution is -2.34. The molecule has 1 amide bonds. The summed E-state index contributed by atoms with van der Waals surface area (Å²) in [5.74, 6) is -1.17. The van der Waals surface area contributed by atoms with Crippen LogP contribution >= 0.6 is 7.82 Å². The van der Waals surface area contributed by atoms with Gasteiger partial charge in [-0.25, -0.2) is 9.55 Å². The lowest BCUT2D eigenvalue weighted by molar-refractivity contribution is -0.109. The number of aliphatic hydroxyl groups is 1. The molecule has 28 heavy (non-hydrogen) atoms. The van der Waals surface area contributed by atoms with E-state index in [0.29, 0.717) is 6.41 Å². The van der Waals surface area contributed by atoms with Crippen LogP contribution in [-0.4, -0.2) is 59.6 Å². The van der Waals surface area contributed by atoms with Gasteiger partial charge in [0.1, 0.15) is 6.10 Å². The Bertz CT molecular complexity index is 1010. The minimum atomic E-state index is -4.82. The molecule has 1 saturated heterocycles. The maximum atomic E-state index is 11.9. The summed E-state index contributed by atoms with van der Waals surface area (Å²) in [5, 5.41) is 13.0. The maximum Gasteiger partial charge on any atom is 0.469 e. The third kappa shape index (κ3) is 3.82. The summed E-state index contributed by atoms with van der Waals surface area (Å²) >= 11 is 0. The first-order valence-corrected chi connectivity index (χ1v) is 9.30. The molecule has 0 aromatic carbocycles. The van der Waals surface area contributed by atoms with Crippen LogP contribution in [0.5, 0.6) is 0 Å². The highest BCUT2D eigenvalue weighted by Crippen LogP contribution is 2.42. The van der Waals surface area contributed by atoms with Crippen molar-refractivity contribution < 1.29 is 33.5 Å². The van der Waals surface area contributed by atoms with Gasteiger partial charge in [0, 0.05) is 5.70 Å². The number of carbonyl (C=O) groups excluding carboxylic acids is 1. The predicted molar refractivity (Wildman–Crippen MR) is 92.3 cm³/mol. The highest BCUT2D eigenvalue weighted by atomic mass is 31.2. The Balaban J connectivity index is 1.98. The topological polar surface area (TPSA) is 215 Å². The number of ether oxygens (including phenoxy) is 1. The third-order valence-corrected chi connectivity index (χ3v) is 4.64. The zero-order chi connectivity index (χ0) is 20.6. The largest absolute Gasteiger partial charge is 0.469 e. The number of nitrogens with one attached hydrogen (secondary N) is 2. The Hall–Kier alpha value is -2.61. The number of aromatic amines is 1. The molecular weight excluding hydrogens is 399 g/mol.